The topological polar surface area (TPSA) is 96.7 Å². The lowest BCUT2D eigenvalue weighted by Crippen LogP contribution is -2.38. The largest absolute Gasteiger partial charge is 0.271 e. The molecule has 30 heavy (non-hydrogen) atoms. The number of anilines is 1. The van der Waals surface area contributed by atoms with Crippen molar-refractivity contribution in [3.8, 4) is 5.69 Å². The van der Waals surface area contributed by atoms with Crippen molar-refractivity contribution in [3.05, 3.63) is 77.1 Å². The summed E-state index contributed by atoms with van der Waals surface area (Å²) in [7, 11) is -3.64. The maximum absolute atomic E-state index is 12.3. The van der Waals surface area contributed by atoms with Gasteiger partial charge in [-0.25, -0.2) is 18.5 Å². The van der Waals surface area contributed by atoms with E-state index in [0.717, 1.165) is 21.9 Å². The highest BCUT2D eigenvalue weighted by molar-refractivity contribution is 7.92. The maximum atomic E-state index is 12.3. The fourth-order valence-corrected chi connectivity index (χ4v) is 3.89. The third-order valence-corrected chi connectivity index (χ3v) is 5.65. The average molecular weight is 446 g/mol. The summed E-state index contributed by atoms with van der Waals surface area (Å²) < 4.78 is 26.8. The summed E-state index contributed by atoms with van der Waals surface area (Å²) >= 11 is 6.22. The predicted molar refractivity (Wildman–Crippen MR) is 118 cm³/mol. The second-order valence-electron chi connectivity index (χ2n) is 6.44. The first kappa shape index (κ1) is 21.5. The molecule has 0 radical (unpaired) electrons. The molecular weight excluding hydrogens is 426 g/mol. The van der Waals surface area contributed by atoms with Crippen molar-refractivity contribution in [2.45, 2.75) is 6.92 Å². The monoisotopic (exact) mass is 445 g/mol. The molecule has 0 atom stereocenters. The van der Waals surface area contributed by atoms with E-state index in [-0.39, 0.29) is 5.15 Å². The van der Waals surface area contributed by atoms with E-state index >= 15 is 0 Å². The summed E-state index contributed by atoms with van der Waals surface area (Å²) in [5.74, 6) is -0.593. The van der Waals surface area contributed by atoms with E-state index in [1.807, 2.05) is 37.3 Å². The molecule has 1 heterocycles. The van der Waals surface area contributed by atoms with Crippen LogP contribution in [0.4, 0.5) is 5.69 Å². The van der Waals surface area contributed by atoms with Crippen molar-refractivity contribution < 1.29 is 13.2 Å². The van der Waals surface area contributed by atoms with E-state index in [1.165, 1.54) is 6.21 Å². The van der Waals surface area contributed by atoms with E-state index in [1.54, 1.807) is 35.0 Å². The van der Waals surface area contributed by atoms with Crippen molar-refractivity contribution >= 4 is 39.4 Å². The first-order valence-corrected chi connectivity index (χ1v) is 11.1. The summed E-state index contributed by atoms with van der Waals surface area (Å²) in [4.78, 5) is 12.3. The van der Waals surface area contributed by atoms with Crippen LogP contribution in [0, 0.1) is 6.92 Å². The molecule has 0 saturated carbocycles. The number of sulfonamides is 1. The Bertz CT molecular complexity index is 1160. The summed E-state index contributed by atoms with van der Waals surface area (Å²) in [6, 6.07) is 17.8. The molecule has 8 nitrogen and oxygen atoms in total. The second-order valence-corrected chi connectivity index (χ2v) is 8.70. The van der Waals surface area contributed by atoms with Gasteiger partial charge in [0.05, 0.1) is 35.1 Å². The summed E-state index contributed by atoms with van der Waals surface area (Å²) in [6.45, 7) is 1.42. The van der Waals surface area contributed by atoms with Gasteiger partial charge in [0, 0.05) is 0 Å². The van der Waals surface area contributed by atoms with Crippen LogP contribution in [0.3, 0.4) is 0 Å². The van der Waals surface area contributed by atoms with Crippen LogP contribution in [0.25, 0.3) is 5.69 Å². The van der Waals surface area contributed by atoms with Gasteiger partial charge in [-0.15, -0.1) is 0 Å². The van der Waals surface area contributed by atoms with Gasteiger partial charge in [-0.05, 0) is 31.2 Å². The summed E-state index contributed by atoms with van der Waals surface area (Å²) in [5, 5.41) is 8.44. The Hall–Kier alpha value is -3.17. The number of hydrogen-bond acceptors (Lipinski definition) is 5. The molecule has 0 aliphatic carbocycles. The molecule has 2 aromatic carbocycles. The Morgan fingerprint density at radius 1 is 1.17 bits per heavy atom. The van der Waals surface area contributed by atoms with Gasteiger partial charge < -0.3 is 0 Å². The number of para-hydroxylation sites is 2. The normalized spacial score (nSPS) is 11.6. The van der Waals surface area contributed by atoms with Gasteiger partial charge in [0.2, 0.25) is 10.0 Å². The van der Waals surface area contributed by atoms with Crippen LogP contribution in [0.1, 0.15) is 11.3 Å². The average Bonchev–Trinajstić information content (AvgIpc) is 3.01. The van der Waals surface area contributed by atoms with E-state index in [9.17, 15) is 13.2 Å². The number of carbonyl (C=O) groups is 1. The Morgan fingerprint density at radius 2 is 1.77 bits per heavy atom. The number of hydrogen-bond donors (Lipinski definition) is 1. The third-order valence-electron chi connectivity index (χ3n) is 4.23. The number of nitrogens with zero attached hydrogens (tertiary/aromatic N) is 4. The standard InChI is InChI=1S/C20H20ClN5O3S/c1-15-18(20(21)24-26(15)17-11-7-4-8-12-17)13-22-23-19(27)14-25(30(2,28)29)16-9-5-3-6-10-16/h3-13H,14H2,1-2H3,(H,23,27)/b22-13-. The van der Waals surface area contributed by atoms with E-state index in [4.69, 9.17) is 11.6 Å². The molecule has 0 unspecified atom stereocenters. The van der Waals surface area contributed by atoms with Crippen molar-refractivity contribution in [1.29, 1.82) is 0 Å². The molecule has 0 spiro atoms. The molecule has 0 fully saturated rings. The van der Waals surface area contributed by atoms with Gasteiger partial charge in [-0.2, -0.15) is 10.2 Å². The third kappa shape index (κ3) is 5.05. The van der Waals surface area contributed by atoms with Crippen LogP contribution in [-0.4, -0.2) is 43.1 Å². The van der Waals surface area contributed by atoms with Crippen molar-refractivity contribution in [2.75, 3.05) is 17.1 Å². The first-order valence-electron chi connectivity index (χ1n) is 8.92. The van der Waals surface area contributed by atoms with Crippen LogP contribution in [0.5, 0.6) is 0 Å². The Balaban J connectivity index is 1.72. The SMILES string of the molecule is Cc1c(/C=N\NC(=O)CN(c2ccccc2)S(C)(=O)=O)c(Cl)nn1-c1ccccc1. The van der Waals surface area contributed by atoms with Crippen LogP contribution >= 0.6 is 11.6 Å². The van der Waals surface area contributed by atoms with Crippen LogP contribution in [0.15, 0.2) is 65.8 Å². The number of carbonyl (C=O) groups excluding carboxylic acids is 1. The number of halogens is 1. The smallest absolute Gasteiger partial charge is 0.260 e. The Labute approximate surface area is 179 Å². The second kappa shape index (κ2) is 9.10. The fourth-order valence-electron chi connectivity index (χ4n) is 2.78. The van der Waals surface area contributed by atoms with Crippen LogP contribution in [0.2, 0.25) is 5.15 Å². The zero-order valence-electron chi connectivity index (χ0n) is 16.4. The zero-order valence-corrected chi connectivity index (χ0v) is 17.9. The quantitative estimate of drug-likeness (QED) is 0.446. The van der Waals surface area contributed by atoms with E-state index < -0.39 is 22.5 Å². The lowest BCUT2D eigenvalue weighted by atomic mass is 10.2. The van der Waals surface area contributed by atoms with Crippen molar-refractivity contribution in [1.82, 2.24) is 15.2 Å². The van der Waals surface area contributed by atoms with Gasteiger partial charge >= 0.3 is 0 Å². The summed E-state index contributed by atoms with van der Waals surface area (Å²) in [6.07, 6.45) is 2.42. The molecule has 156 valence electrons. The molecule has 1 N–H and O–H groups in total. The molecule has 1 aromatic heterocycles. The van der Waals surface area contributed by atoms with E-state index in [0.29, 0.717) is 11.3 Å². The van der Waals surface area contributed by atoms with E-state index in [2.05, 4.69) is 15.6 Å². The highest BCUT2D eigenvalue weighted by Crippen LogP contribution is 2.20. The summed E-state index contributed by atoms with van der Waals surface area (Å²) in [5.41, 5.74) is 4.85. The number of benzene rings is 2. The van der Waals surface area contributed by atoms with Crippen LogP contribution in [-0.2, 0) is 14.8 Å². The van der Waals surface area contributed by atoms with Gasteiger partial charge in [-0.1, -0.05) is 48.0 Å². The molecule has 0 aliphatic heterocycles. The van der Waals surface area contributed by atoms with Gasteiger partial charge in [0.25, 0.3) is 5.91 Å². The molecule has 3 aromatic rings. The highest BCUT2D eigenvalue weighted by atomic mass is 35.5. The number of aromatic nitrogens is 2. The minimum atomic E-state index is -3.64. The molecule has 0 saturated heterocycles. The number of hydrazone groups is 1. The predicted octanol–water partition coefficient (Wildman–Crippen LogP) is 2.75. The van der Waals surface area contributed by atoms with Gasteiger partial charge in [0.15, 0.2) is 5.15 Å². The molecule has 0 aliphatic rings. The van der Waals surface area contributed by atoms with Gasteiger partial charge in [-0.3, -0.25) is 9.10 Å². The van der Waals surface area contributed by atoms with Crippen molar-refractivity contribution in [3.63, 3.8) is 0 Å². The number of nitrogens with one attached hydrogen (secondary N) is 1. The Morgan fingerprint density at radius 3 is 2.37 bits per heavy atom. The molecule has 0 bridgehead atoms. The van der Waals surface area contributed by atoms with Gasteiger partial charge in [0.1, 0.15) is 6.54 Å². The number of amides is 1. The molecule has 1 amide bonds. The highest BCUT2D eigenvalue weighted by Gasteiger charge is 2.20. The zero-order chi connectivity index (χ0) is 21.7. The minimum absolute atomic E-state index is 0.233. The molecule has 10 heteroatoms. The molecular formula is C20H20ClN5O3S. The maximum Gasteiger partial charge on any atom is 0.260 e. The lowest BCUT2D eigenvalue weighted by molar-refractivity contribution is -0.119. The van der Waals surface area contributed by atoms with Crippen molar-refractivity contribution in [2.24, 2.45) is 5.10 Å². The molecule has 3 rings (SSSR count). The lowest BCUT2D eigenvalue weighted by Gasteiger charge is -2.21. The number of rotatable bonds is 7. The Kier molecular flexibility index (Phi) is 6.53. The first-order chi connectivity index (χ1) is 14.3. The van der Waals surface area contributed by atoms with Crippen LogP contribution < -0.4 is 9.73 Å². The minimum Gasteiger partial charge on any atom is -0.271 e. The fraction of sp³-hybridized carbons (Fsp3) is 0.150.